The maximum absolute atomic E-state index is 12.1. The molecule has 2 N–H and O–H groups in total. The number of hydrogen-bond donors (Lipinski definition) is 2. The van der Waals surface area contributed by atoms with Gasteiger partial charge >= 0.3 is 0 Å². The highest BCUT2D eigenvalue weighted by Gasteiger charge is 2.08. The van der Waals surface area contributed by atoms with E-state index in [9.17, 15) is 4.79 Å². The lowest BCUT2D eigenvalue weighted by molar-refractivity contribution is -0.116. The van der Waals surface area contributed by atoms with Gasteiger partial charge in [0, 0.05) is 25.2 Å². The maximum atomic E-state index is 12.1. The van der Waals surface area contributed by atoms with Crippen LogP contribution in [-0.4, -0.2) is 12.5 Å². The lowest BCUT2D eigenvalue weighted by atomic mass is 10.0. The molecule has 0 fully saturated rings. The van der Waals surface area contributed by atoms with Crippen LogP contribution in [0.5, 0.6) is 0 Å². The number of hydrogen-bond acceptors (Lipinski definition) is 2. The van der Waals surface area contributed by atoms with Crippen molar-refractivity contribution in [3.8, 4) is 0 Å². The number of aryl methyl sites for hydroxylation is 1. The molecule has 23 heavy (non-hydrogen) atoms. The average molecular weight is 310 g/mol. The van der Waals surface area contributed by atoms with Crippen LogP contribution >= 0.6 is 0 Å². The second-order valence-corrected chi connectivity index (χ2v) is 6.20. The highest BCUT2D eigenvalue weighted by atomic mass is 16.1. The summed E-state index contributed by atoms with van der Waals surface area (Å²) in [5.41, 5.74) is 4.60. The topological polar surface area (TPSA) is 41.1 Å². The third-order valence-corrected chi connectivity index (χ3v) is 3.84. The molecule has 0 saturated heterocycles. The Morgan fingerprint density at radius 1 is 1.04 bits per heavy atom. The molecule has 0 aliphatic carbocycles. The minimum Gasteiger partial charge on any atom is -0.326 e. The smallest absolute Gasteiger partial charge is 0.225 e. The number of nitrogens with one attached hydrogen (secondary N) is 2. The molecule has 2 aromatic carbocycles. The van der Waals surface area contributed by atoms with Crippen LogP contribution in [0.3, 0.4) is 0 Å². The molecule has 3 nitrogen and oxygen atoms in total. The van der Waals surface area contributed by atoms with Crippen LogP contribution in [0, 0.1) is 6.92 Å². The number of para-hydroxylation sites is 1. The lowest BCUT2D eigenvalue weighted by Crippen LogP contribution is -2.22. The summed E-state index contributed by atoms with van der Waals surface area (Å²) >= 11 is 0. The van der Waals surface area contributed by atoms with Gasteiger partial charge < -0.3 is 10.6 Å². The molecule has 0 bridgehead atoms. The van der Waals surface area contributed by atoms with Crippen molar-refractivity contribution in [2.24, 2.45) is 0 Å². The van der Waals surface area contributed by atoms with Crippen LogP contribution in [0.2, 0.25) is 0 Å². The highest BCUT2D eigenvalue weighted by Crippen LogP contribution is 2.23. The summed E-state index contributed by atoms with van der Waals surface area (Å²) in [6.07, 6.45) is 0.471. The van der Waals surface area contributed by atoms with Crippen molar-refractivity contribution in [3.63, 3.8) is 0 Å². The molecule has 2 rings (SSSR count). The van der Waals surface area contributed by atoms with Gasteiger partial charge in [-0.1, -0.05) is 61.9 Å². The largest absolute Gasteiger partial charge is 0.326 e. The first kappa shape index (κ1) is 17.2. The summed E-state index contributed by atoms with van der Waals surface area (Å²) in [5.74, 6) is 0.445. The predicted octanol–water partition coefficient (Wildman–Crippen LogP) is 4.24. The molecule has 0 heterocycles. The van der Waals surface area contributed by atoms with E-state index < -0.39 is 0 Å². The second-order valence-electron chi connectivity index (χ2n) is 6.20. The number of amides is 1. The van der Waals surface area contributed by atoms with E-state index in [2.05, 4.69) is 61.7 Å². The zero-order valence-corrected chi connectivity index (χ0v) is 14.2. The van der Waals surface area contributed by atoms with E-state index in [1.165, 1.54) is 16.7 Å². The van der Waals surface area contributed by atoms with E-state index in [4.69, 9.17) is 0 Å². The fraction of sp³-hybridized carbons (Fsp3) is 0.350. The van der Waals surface area contributed by atoms with Gasteiger partial charge in [-0.3, -0.25) is 4.79 Å². The van der Waals surface area contributed by atoms with Crippen molar-refractivity contribution >= 4 is 11.6 Å². The Labute approximate surface area is 139 Å². The normalized spacial score (nSPS) is 10.8. The Morgan fingerprint density at radius 3 is 2.43 bits per heavy atom. The monoisotopic (exact) mass is 310 g/mol. The Kier molecular flexibility index (Phi) is 6.36. The third-order valence-electron chi connectivity index (χ3n) is 3.84. The Morgan fingerprint density at radius 2 is 1.74 bits per heavy atom. The summed E-state index contributed by atoms with van der Waals surface area (Å²) in [6, 6.07) is 16.4. The SMILES string of the molecule is Cc1ccc(CNCCC(=O)Nc2ccccc2C(C)C)cc1. The van der Waals surface area contributed by atoms with Gasteiger partial charge in [-0.25, -0.2) is 0 Å². The molecule has 0 spiro atoms. The van der Waals surface area contributed by atoms with Crippen molar-refractivity contribution in [1.29, 1.82) is 0 Å². The predicted molar refractivity (Wildman–Crippen MR) is 96.7 cm³/mol. The molecule has 0 aromatic heterocycles. The second kappa shape index (κ2) is 8.49. The fourth-order valence-electron chi connectivity index (χ4n) is 2.47. The average Bonchev–Trinajstić information content (AvgIpc) is 2.53. The van der Waals surface area contributed by atoms with Crippen molar-refractivity contribution < 1.29 is 4.79 Å². The number of carbonyl (C=O) groups is 1. The molecule has 0 atom stereocenters. The van der Waals surface area contributed by atoms with Gasteiger partial charge in [-0.2, -0.15) is 0 Å². The molecule has 3 heteroatoms. The van der Waals surface area contributed by atoms with Crippen molar-refractivity contribution in [3.05, 3.63) is 65.2 Å². The zero-order valence-electron chi connectivity index (χ0n) is 14.2. The van der Waals surface area contributed by atoms with E-state index in [-0.39, 0.29) is 5.91 Å². The van der Waals surface area contributed by atoms with Crippen molar-refractivity contribution in [2.45, 2.75) is 39.7 Å². The van der Waals surface area contributed by atoms with Crippen LogP contribution in [0.1, 0.15) is 42.9 Å². The molecule has 0 aliphatic heterocycles. The van der Waals surface area contributed by atoms with E-state index >= 15 is 0 Å². The molecular weight excluding hydrogens is 284 g/mol. The minimum atomic E-state index is 0.0505. The van der Waals surface area contributed by atoms with Gasteiger partial charge in [-0.05, 0) is 30.0 Å². The van der Waals surface area contributed by atoms with Crippen LogP contribution in [0.15, 0.2) is 48.5 Å². The summed E-state index contributed by atoms with van der Waals surface area (Å²) < 4.78 is 0. The number of anilines is 1. The van der Waals surface area contributed by atoms with Gasteiger partial charge in [0.1, 0.15) is 0 Å². The molecule has 122 valence electrons. The minimum absolute atomic E-state index is 0.0505. The van der Waals surface area contributed by atoms with Crippen LogP contribution < -0.4 is 10.6 Å². The van der Waals surface area contributed by atoms with Gasteiger partial charge in [-0.15, -0.1) is 0 Å². The first-order valence-corrected chi connectivity index (χ1v) is 8.21. The maximum Gasteiger partial charge on any atom is 0.225 e. The number of benzene rings is 2. The lowest BCUT2D eigenvalue weighted by Gasteiger charge is -2.13. The third kappa shape index (κ3) is 5.53. The Hall–Kier alpha value is -2.13. The molecule has 0 radical (unpaired) electrons. The quantitative estimate of drug-likeness (QED) is 0.751. The first-order chi connectivity index (χ1) is 11.1. The molecule has 0 saturated carbocycles. The Bertz CT molecular complexity index is 632. The number of rotatable bonds is 7. The van der Waals surface area contributed by atoms with Gasteiger partial charge in [0.2, 0.25) is 5.91 Å². The Balaban J connectivity index is 1.76. The van der Waals surface area contributed by atoms with Crippen molar-refractivity contribution in [2.75, 3.05) is 11.9 Å². The van der Waals surface area contributed by atoms with Gasteiger partial charge in [0.15, 0.2) is 0 Å². The van der Waals surface area contributed by atoms with E-state index in [0.717, 1.165) is 12.2 Å². The summed E-state index contributed by atoms with van der Waals surface area (Å²) in [5, 5.41) is 6.33. The summed E-state index contributed by atoms with van der Waals surface area (Å²) in [7, 11) is 0. The summed E-state index contributed by atoms with van der Waals surface area (Å²) in [6.45, 7) is 7.80. The van der Waals surface area contributed by atoms with Gasteiger partial charge in [0.25, 0.3) is 0 Å². The standard InChI is InChI=1S/C20H26N2O/c1-15(2)18-6-4-5-7-19(18)22-20(23)12-13-21-14-17-10-8-16(3)9-11-17/h4-11,15,21H,12-14H2,1-3H3,(H,22,23). The number of carbonyl (C=O) groups excluding carboxylic acids is 1. The van der Waals surface area contributed by atoms with E-state index in [1.54, 1.807) is 0 Å². The van der Waals surface area contributed by atoms with Crippen molar-refractivity contribution in [1.82, 2.24) is 5.32 Å². The molecule has 2 aromatic rings. The van der Waals surface area contributed by atoms with Gasteiger partial charge in [0.05, 0.1) is 0 Å². The molecular formula is C20H26N2O. The summed E-state index contributed by atoms with van der Waals surface area (Å²) in [4.78, 5) is 12.1. The van der Waals surface area contributed by atoms with Crippen LogP contribution in [0.4, 0.5) is 5.69 Å². The molecule has 0 unspecified atom stereocenters. The first-order valence-electron chi connectivity index (χ1n) is 8.21. The van der Waals surface area contributed by atoms with E-state index in [0.29, 0.717) is 18.9 Å². The van der Waals surface area contributed by atoms with Crippen LogP contribution in [0.25, 0.3) is 0 Å². The highest BCUT2D eigenvalue weighted by molar-refractivity contribution is 5.91. The zero-order chi connectivity index (χ0) is 16.7. The molecule has 1 amide bonds. The van der Waals surface area contributed by atoms with Crippen LogP contribution in [-0.2, 0) is 11.3 Å². The fourth-order valence-corrected chi connectivity index (χ4v) is 2.47. The van der Waals surface area contributed by atoms with E-state index in [1.807, 2.05) is 18.2 Å². The molecule has 0 aliphatic rings.